The third kappa shape index (κ3) is 5.05. The van der Waals surface area contributed by atoms with Crippen molar-refractivity contribution in [2.45, 2.75) is 37.4 Å². The average Bonchev–Trinajstić information content (AvgIpc) is 3.33. The van der Waals surface area contributed by atoms with Crippen LogP contribution in [0.5, 0.6) is 0 Å². The molecule has 0 spiro atoms. The van der Waals surface area contributed by atoms with Crippen molar-refractivity contribution in [1.29, 1.82) is 0 Å². The van der Waals surface area contributed by atoms with E-state index in [2.05, 4.69) is 17.0 Å². The summed E-state index contributed by atoms with van der Waals surface area (Å²) in [5.41, 5.74) is 4.07. The Morgan fingerprint density at radius 2 is 1.85 bits per heavy atom. The lowest BCUT2D eigenvalue weighted by atomic mass is 10.0. The monoisotopic (exact) mass is 463 g/mol. The van der Waals surface area contributed by atoms with Crippen molar-refractivity contribution < 1.29 is 9.53 Å². The predicted molar refractivity (Wildman–Crippen MR) is 131 cm³/mol. The quantitative estimate of drug-likeness (QED) is 0.289. The second-order valence-corrected chi connectivity index (χ2v) is 9.67. The van der Waals surface area contributed by atoms with Crippen LogP contribution in [-0.4, -0.2) is 58.8 Å². The SMILES string of the molecule is O=C(CSc1nc2ccccc2c(=O)n1CCCN1CCOCC1)c1ccc2c(c1)CCC2. The molecule has 0 N–H and O–H groups in total. The molecule has 33 heavy (non-hydrogen) atoms. The van der Waals surface area contributed by atoms with E-state index in [1.807, 2.05) is 30.3 Å². The number of aromatic nitrogens is 2. The number of para-hydroxylation sites is 1. The van der Waals surface area contributed by atoms with Gasteiger partial charge in [-0.25, -0.2) is 4.98 Å². The van der Waals surface area contributed by atoms with E-state index >= 15 is 0 Å². The Morgan fingerprint density at radius 1 is 1.03 bits per heavy atom. The molecule has 2 aromatic carbocycles. The summed E-state index contributed by atoms with van der Waals surface area (Å²) in [6, 6.07) is 13.5. The zero-order valence-electron chi connectivity index (χ0n) is 18.8. The van der Waals surface area contributed by atoms with Gasteiger partial charge in [0.15, 0.2) is 10.9 Å². The Kier molecular flexibility index (Phi) is 6.90. The van der Waals surface area contributed by atoms with Crippen LogP contribution in [0.3, 0.4) is 0 Å². The summed E-state index contributed by atoms with van der Waals surface area (Å²) < 4.78 is 7.18. The second kappa shape index (κ2) is 10.2. The molecule has 172 valence electrons. The number of carbonyl (C=O) groups excluding carboxylic acids is 1. The van der Waals surface area contributed by atoms with Crippen molar-refractivity contribution in [3.63, 3.8) is 0 Å². The lowest BCUT2D eigenvalue weighted by Gasteiger charge is -2.26. The van der Waals surface area contributed by atoms with Crippen LogP contribution in [0, 0.1) is 0 Å². The van der Waals surface area contributed by atoms with Crippen LogP contribution in [0.1, 0.15) is 34.3 Å². The normalized spacial score (nSPS) is 16.2. The first-order valence-electron chi connectivity index (χ1n) is 11.8. The van der Waals surface area contributed by atoms with E-state index in [9.17, 15) is 9.59 Å². The summed E-state index contributed by atoms with van der Waals surface area (Å²) in [5, 5.41) is 1.24. The zero-order chi connectivity index (χ0) is 22.6. The summed E-state index contributed by atoms with van der Waals surface area (Å²) in [4.78, 5) is 33.3. The summed E-state index contributed by atoms with van der Waals surface area (Å²) >= 11 is 1.37. The number of Topliss-reactive ketones (excluding diaryl/α,β-unsaturated/α-hetero) is 1. The van der Waals surface area contributed by atoms with Crippen molar-refractivity contribution in [3.05, 3.63) is 69.5 Å². The van der Waals surface area contributed by atoms with E-state index in [1.165, 1.54) is 29.3 Å². The molecule has 0 amide bonds. The standard InChI is InChI=1S/C26H29N3O3S/c30-24(21-10-9-19-5-3-6-20(19)17-21)18-33-26-27-23-8-2-1-7-22(23)25(31)29(26)12-4-11-28-13-15-32-16-14-28/h1-2,7-10,17H,3-6,11-16,18H2. The van der Waals surface area contributed by atoms with E-state index in [-0.39, 0.29) is 17.1 Å². The summed E-state index contributed by atoms with van der Waals surface area (Å²) in [5.74, 6) is 0.351. The van der Waals surface area contributed by atoms with Gasteiger partial charge in [-0.15, -0.1) is 0 Å². The maximum Gasteiger partial charge on any atom is 0.262 e. The minimum Gasteiger partial charge on any atom is -0.379 e. The highest BCUT2D eigenvalue weighted by atomic mass is 32.2. The molecule has 7 heteroatoms. The maximum absolute atomic E-state index is 13.3. The van der Waals surface area contributed by atoms with E-state index in [4.69, 9.17) is 9.72 Å². The van der Waals surface area contributed by atoms with Gasteiger partial charge in [0.05, 0.1) is 29.9 Å². The third-order valence-corrected chi connectivity index (χ3v) is 7.52. The molecule has 5 rings (SSSR count). The first kappa shape index (κ1) is 22.3. The molecule has 6 nitrogen and oxygen atoms in total. The fourth-order valence-corrected chi connectivity index (χ4v) is 5.61. The molecule has 3 aromatic rings. The molecule has 1 aliphatic carbocycles. The van der Waals surface area contributed by atoms with Gasteiger partial charge in [-0.2, -0.15) is 0 Å². The number of fused-ring (bicyclic) bond motifs is 2. The van der Waals surface area contributed by atoms with Crippen molar-refractivity contribution in [2.75, 3.05) is 38.6 Å². The molecule has 1 aliphatic heterocycles. The van der Waals surface area contributed by atoms with Crippen molar-refractivity contribution >= 4 is 28.4 Å². The van der Waals surface area contributed by atoms with E-state index < -0.39 is 0 Å². The number of nitrogens with zero attached hydrogens (tertiary/aromatic N) is 3. The molecule has 1 saturated heterocycles. The molecular weight excluding hydrogens is 434 g/mol. The molecule has 1 aromatic heterocycles. The number of morpholine rings is 1. The number of carbonyl (C=O) groups is 1. The van der Waals surface area contributed by atoms with Gasteiger partial charge in [-0.3, -0.25) is 19.1 Å². The molecule has 2 heterocycles. The summed E-state index contributed by atoms with van der Waals surface area (Å²) in [6.45, 7) is 4.90. The van der Waals surface area contributed by atoms with Gasteiger partial charge in [0.2, 0.25) is 0 Å². The first-order chi connectivity index (χ1) is 16.2. The highest BCUT2D eigenvalue weighted by molar-refractivity contribution is 7.99. The molecular formula is C26H29N3O3S. The lowest BCUT2D eigenvalue weighted by molar-refractivity contribution is 0.0368. The van der Waals surface area contributed by atoms with Crippen LogP contribution < -0.4 is 5.56 Å². The predicted octanol–water partition coefficient (Wildman–Crippen LogP) is 3.58. The molecule has 0 unspecified atom stereocenters. The Balaban J connectivity index is 1.33. The number of benzene rings is 2. The number of hydrogen-bond donors (Lipinski definition) is 0. The van der Waals surface area contributed by atoms with E-state index in [0.29, 0.717) is 22.6 Å². The maximum atomic E-state index is 13.3. The van der Waals surface area contributed by atoms with Crippen molar-refractivity contribution in [2.24, 2.45) is 0 Å². The molecule has 2 aliphatic rings. The Labute approximate surface area is 198 Å². The van der Waals surface area contributed by atoms with Gasteiger partial charge in [0.25, 0.3) is 5.56 Å². The largest absolute Gasteiger partial charge is 0.379 e. The highest BCUT2D eigenvalue weighted by Gasteiger charge is 2.17. The lowest BCUT2D eigenvalue weighted by Crippen LogP contribution is -2.37. The van der Waals surface area contributed by atoms with E-state index in [0.717, 1.165) is 57.7 Å². The Hall–Kier alpha value is -2.48. The number of aryl methyl sites for hydroxylation is 2. The molecule has 1 fully saturated rings. The van der Waals surface area contributed by atoms with Crippen LogP contribution in [-0.2, 0) is 24.1 Å². The van der Waals surface area contributed by atoms with Gasteiger partial charge >= 0.3 is 0 Å². The van der Waals surface area contributed by atoms with Crippen LogP contribution in [0.2, 0.25) is 0 Å². The fraction of sp³-hybridized carbons (Fsp3) is 0.423. The number of thioether (sulfide) groups is 1. The third-order valence-electron chi connectivity index (χ3n) is 6.54. The van der Waals surface area contributed by atoms with Crippen LogP contribution in [0.4, 0.5) is 0 Å². The van der Waals surface area contributed by atoms with Gasteiger partial charge in [-0.05, 0) is 55.0 Å². The van der Waals surface area contributed by atoms with Gasteiger partial charge in [-0.1, -0.05) is 36.0 Å². The molecule has 0 bridgehead atoms. The van der Waals surface area contributed by atoms with Gasteiger partial charge in [0.1, 0.15) is 0 Å². The van der Waals surface area contributed by atoms with E-state index in [1.54, 1.807) is 4.57 Å². The van der Waals surface area contributed by atoms with Crippen molar-refractivity contribution in [3.8, 4) is 0 Å². The minimum absolute atomic E-state index is 0.0324. The number of rotatable bonds is 8. The van der Waals surface area contributed by atoms with Gasteiger partial charge < -0.3 is 4.74 Å². The number of ketones is 1. The first-order valence-corrected chi connectivity index (χ1v) is 12.7. The topological polar surface area (TPSA) is 64.4 Å². The van der Waals surface area contributed by atoms with Crippen LogP contribution in [0.25, 0.3) is 10.9 Å². The van der Waals surface area contributed by atoms with Crippen LogP contribution in [0.15, 0.2) is 52.4 Å². The van der Waals surface area contributed by atoms with Crippen LogP contribution >= 0.6 is 11.8 Å². The summed E-state index contributed by atoms with van der Waals surface area (Å²) in [7, 11) is 0. The molecule has 0 saturated carbocycles. The second-order valence-electron chi connectivity index (χ2n) is 8.72. The zero-order valence-corrected chi connectivity index (χ0v) is 19.6. The van der Waals surface area contributed by atoms with Crippen molar-refractivity contribution in [1.82, 2.24) is 14.5 Å². The Morgan fingerprint density at radius 3 is 2.73 bits per heavy atom. The smallest absolute Gasteiger partial charge is 0.262 e. The molecule has 0 atom stereocenters. The average molecular weight is 464 g/mol. The number of hydrogen-bond acceptors (Lipinski definition) is 6. The minimum atomic E-state index is -0.0324. The Bertz CT molecular complexity index is 1220. The molecule has 0 radical (unpaired) electrons. The number of ether oxygens (including phenoxy) is 1. The summed E-state index contributed by atoms with van der Waals surface area (Å²) in [6.07, 6.45) is 4.18. The fourth-order valence-electron chi connectivity index (χ4n) is 4.69. The highest BCUT2D eigenvalue weighted by Crippen LogP contribution is 2.25. The van der Waals surface area contributed by atoms with Gasteiger partial charge in [0, 0.05) is 31.7 Å².